The summed E-state index contributed by atoms with van der Waals surface area (Å²) in [6, 6.07) is 4.28. The second kappa shape index (κ2) is 7.26. The van der Waals surface area contributed by atoms with Gasteiger partial charge in [-0.05, 0) is 25.0 Å². The molecule has 0 radical (unpaired) electrons. The molecule has 1 atom stereocenters. The smallest absolute Gasteiger partial charge is 0.244 e. The van der Waals surface area contributed by atoms with E-state index in [1.807, 2.05) is 20.8 Å². The Balaban J connectivity index is 3.04. The predicted octanol–water partition coefficient (Wildman–Crippen LogP) is 2.26. The van der Waals surface area contributed by atoms with Crippen molar-refractivity contribution in [3.63, 3.8) is 0 Å². The molecule has 0 saturated carbocycles. The molecule has 20 heavy (non-hydrogen) atoms. The number of halogens is 1. The van der Waals surface area contributed by atoms with Gasteiger partial charge in [0, 0.05) is 12.6 Å². The summed E-state index contributed by atoms with van der Waals surface area (Å²) in [6.45, 7) is 6.53. The number of nitrogens with one attached hydrogen (secondary N) is 1. The van der Waals surface area contributed by atoms with Gasteiger partial charge in [0.2, 0.25) is 10.0 Å². The van der Waals surface area contributed by atoms with Crippen molar-refractivity contribution in [2.75, 3.05) is 18.9 Å². The fourth-order valence-corrected chi connectivity index (χ4v) is 3.72. The summed E-state index contributed by atoms with van der Waals surface area (Å²) in [7, 11) is -3.78. The van der Waals surface area contributed by atoms with Crippen molar-refractivity contribution in [1.82, 2.24) is 4.72 Å². The molecular formula is C13H21ClN2O3S. The molecule has 0 aliphatic rings. The number of hydrogen-bond acceptors (Lipinski definition) is 4. The van der Waals surface area contributed by atoms with Crippen LogP contribution in [0, 0.1) is 5.92 Å². The van der Waals surface area contributed by atoms with Crippen LogP contribution >= 0.6 is 11.6 Å². The lowest BCUT2D eigenvalue weighted by Crippen LogP contribution is -2.42. The van der Waals surface area contributed by atoms with Gasteiger partial charge in [0.1, 0.15) is 4.90 Å². The monoisotopic (exact) mass is 320 g/mol. The number of sulfonamides is 1. The molecule has 1 unspecified atom stereocenters. The second-order valence-electron chi connectivity index (χ2n) is 4.79. The van der Waals surface area contributed by atoms with Gasteiger partial charge in [-0.25, -0.2) is 13.1 Å². The van der Waals surface area contributed by atoms with E-state index in [0.29, 0.717) is 13.2 Å². The maximum absolute atomic E-state index is 12.4. The van der Waals surface area contributed by atoms with Crippen LogP contribution in [0.3, 0.4) is 0 Å². The van der Waals surface area contributed by atoms with Gasteiger partial charge in [-0.15, -0.1) is 0 Å². The Kier molecular flexibility index (Phi) is 6.26. The molecule has 5 nitrogen and oxygen atoms in total. The summed E-state index contributed by atoms with van der Waals surface area (Å²) in [5.74, 6) is 0.0834. The first-order chi connectivity index (χ1) is 9.29. The Morgan fingerprint density at radius 2 is 2.05 bits per heavy atom. The van der Waals surface area contributed by atoms with E-state index in [2.05, 4.69) is 4.72 Å². The van der Waals surface area contributed by atoms with Crippen molar-refractivity contribution in [1.29, 1.82) is 0 Å². The molecule has 1 rings (SSSR count). The Morgan fingerprint density at radius 1 is 1.40 bits per heavy atom. The number of rotatable bonds is 7. The number of nitrogen functional groups attached to an aromatic ring is 1. The lowest BCUT2D eigenvalue weighted by atomic mass is 10.1. The minimum atomic E-state index is -3.78. The van der Waals surface area contributed by atoms with Crippen LogP contribution in [0.2, 0.25) is 5.02 Å². The maximum atomic E-state index is 12.4. The molecule has 0 heterocycles. The van der Waals surface area contributed by atoms with Crippen molar-refractivity contribution in [3.8, 4) is 0 Å². The van der Waals surface area contributed by atoms with Gasteiger partial charge in [0.15, 0.2) is 0 Å². The van der Waals surface area contributed by atoms with E-state index < -0.39 is 10.0 Å². The number of ether oxygens (including phenoxy) is 1. The summed E-state index contributed by atoms with van der Waals surface area (Å²) in [5, 5.41) is 0.108. The third-order valence-electron chi connectivity index (χ3n) is 2.88. The predicted molar refractivity (Wildman–Crippen MR) is 81.3 cm³/mol. The highest BCUT2D eigenvalue weighted by atomic mass is 35.5. The number of benzene rings is 1. The number of nitrogens with two attached hydrogens (primary N) is 1. The molecule has 0 amide bonds. The SMILES string of the molecule is CCOCC(NS(=O)(=O)c1c(N)cccc1Cl)C(C)C. The van der Waals surface area contributed by atoms with Gasteiger partial charge in [-0.1, -0.05) is 31.5 Å². The average Bonchev–Trinajstić information content (AvgIpc) is 2.33. The molecule has 0 aromatic heterocycles. The molecule has 0 aliphatic heterocycles. The second-order valence-corrected chi connectivity index (χ2v) is 6.85. The molecule has 114 valence electrons. The molecule has 3 N–H and O–H groups in total. The van der Waals surface area contributed by atoms with Crippen LogP contribution < -0.4 is 10.5 Å². The van der Waals surface area contributed by atoms with E-state index in [0.717, 1.165) is 0 Å². The zero-order valence-electron chi connectivity index (χ0n) is 11.9. The largest absolute Gasteiger partial charge is 0.398 e. The molecule has 7 heteroatoms. The molecule has 1 aromatic carbocycles. The number of hydrogen-bond donors (Lipinski definition) is 2. The third kappa shape index (κ3) is 4.34. The topological polar surface area (TPSA) is 81.4 Å². The quantitative estimate of drug-likeness (QED) is 0.755. The number of anilines is 1. The highest BCUT2D eigenvalue weighted by Crippen LogP contribution is 2.27. The van der Waals surface area contributed by atoms with Crippen molar-refractivity contribution in [2.24, 2.45) is 5.92 Å². The van der Waals surface area contributed by atoms with Crippen LogP contribution in [-0.4, -0.2) is 27.7 Å². The minimum absolute atomic E-state index is 0.0798. The van der Waals surface area contributed by atoms with Gasteiger partial charge in [0.25, 0.3) is 0 Å². The van der Waals surface area contributed by atoms with Crippen molar-refractivity contribution >= 4 is 27.3 Å². The molecule has 0 fully saturated rings. The van der Waals surface area contributed by atoms with Gasteiger partial charge in [-0.3, -0.25) is 0 Å². The van der Waals surface area contributed by atoms with Gasteiger partial charge in [0.05, 0.1) is 17.3 Å². The van der Waals surface area contributed by atoms with Gasteiger partial charge in [-0.2, -0.15) is 0 Å². The lowest BCUT2D eigenvalue weighted by Gasteiger charge is -2.22. The van der Waals surface area contributed by atoms with Gasteiger partial charge < -0.3 is 10.5 Å². The Labute approximate surface area is 125 Å². The zero-order chi connectivity index (χ0) is 15.3. The molecule has 1 aromatic rings. The Morgan fingerprint density at radius 3 is 2.55 bits per heavy atom. The van der Waals surface area contributed by atoms with E-state index in [1.165, 1.54) is 12.1 Å². The van der Waals surface area contributed by atoms with E-state index in [-0.39, 0.29) is 27.6 Å². The van der Waals surface area contributed by atoms with Crippen LogP contribution in [-0.2, 0) is 14.8 Å². The molecular weight excluding hydrogens is 300 g/mol. The van der Waals surface area contributed by atoms with Crippen LogP contribution in [0.4, 0.5) is 5.69 Å². The molecule has 0 spiro atoms. The van der Waals surface area contributed by atoms with E-state index >= 15 is 0 Å². The first-order valence-corrected chi connectivity index (χ1v) is 8.29. The van der Waals surface area contributed by atoms with Gasteiger partial charge >= 0.3 is 0 Å². The van der Waals surface area contributed by atoms with Crippen molar-refractivity contribution < 1.29 is 13.2 Å². The summed E-state index contributed by atoms with van der Waals surface area (Å²) in [4.78, 5) is -0.0798. The third-order valence-corrected chi connectivity index (χ3v) is 4.91. The average molecular weight is 321 g/mol. The normalized spacial score (nSPS) is 13.7. The van der Waals surface area contributed by atoms with Crippen LogP contribution in [0.25, 0.3) is 0 Å². The van der Waals surface area contributed by atoms with E-state index in [4.69, 9.17) is 22.1 Å². The van der Waals surface area contributed by atoms with E-state index in [1.54, 1.807) is 6.07 Å². The standard InChI is InChI=1S/C13H21ClN2O3S/c1-4-19-8-12(9(2)3)16-20(17,18)13-10(14)6-5-7-11(13)15/h5-7,9,12,16H,4,8,15H2,1-3H3. The molecule has 0 bridgehead atoms. The molecule has 0 saturated heterocycles. The Bertz CT molecular complexity index is 526. The zero-order valence-corrected chi connectivity index (χ0v) is 13.5. The lowest BCUT2D eigenvalue weighted by molar-refractivity contribution is 0.116. The summed E-state index contributed by atoms with van der Waals surface area (Å²) < 4.78 is 32.8. The van der Waals surface area contributed by atoms with Crippen LogP contribution in [0.15, 0.2) is 23.1 Å². The fraction of sp³-hybridized carbons (Fsp3) is 0.538. The van der Waals surface area contributed by atoms with Crippen LogP contribution in [0.5, 0.6) is 0 Å². The fourth-order valence-electron chi connectivity index (χ4n) is 1.67. The first-order valence-electron chi connectivity index (χ1n) is 6.43. The van der Waals surface area contributed by atoms with Crippen molar-refractivity contribution in [3.05, 3.63) is 23.2 Å². The van der Waals surface area contributed by atoms with Crippen molar-refractivity contribution in [2.45, 2.75) is 31.7 Å². The first kappa shape index (κ1) is 17.2. The van der Waals surface area contributed by atoms with Crippen LogP contribution in [0.1, 0.15) is 20.8 Å². The Hall–Kier alpha value is -0.820. The summed E-state index contributed by atoms with van der Waals surface area (Å²) in [6.07, 6.45) is 0. The maximum Gasteiger partial charge on any atom is 0.244 e. The molecule has 0 aliphatic carbocycles. The summed E-state index contributed by atoms with van der Waals surface area (Å²) >= 11 is 5.95. The highest BCUT2D eigenvalue weighted by Gasteiger charge is 2.26. The highest BCUT2D eigenvalue weighted by molar-refractivity contribution is 7.89. The summed E-state index contributed by atoms with van der Waals surface area (Å²) in [5.41, 5.74) is 5.85. The minimum Gasteiger partial charge on any atom is -0.398 e. The van der Waals surface area contributed by atoms with E-state index in [9.17, 15) is 8.42 Å².